The lowest BCUT2D eigenvalue weighted by Crippen LogP contribution is -2.39. The SMILES string of the molecule is Cc1ccc(S(=O)(=O)N2CCCN(Cc3ccccc3)CCCN(S(=O)(=O)c3ccc(C)cc3)CCCN(Cc3ccccc3)CCC2)cc1. The van der Waals surface area contributed by atoms with Crippen LogP contribution in [0.3, 0.4) is 0 Å². The molecule has 1 aliphatic heterocycles. The van der Waals surface area contributed by atoms with Crippen LogP contribution in [0.25, 0.3) is 0 Å². The number of benzene rings is 4. The molecule has 0 unspecified atom stereocenters. The van der Waals surface area contributed by atoms with E-state index in [9.17, 15) is 16.8 Å². The second-order valence-electron chi connectivity index (χ2n) is 13.4. The molecule has 1 heterocycles. The fraction of sp³-hybridized carbons (Fsp3) is 0.400. The fourth-order valence-electron chi connectivity index (χ4n) is 6.53. The first kappa shape index (κ1) is 37.9. The third kappa shape index (κ3) is 10.8. The van der Waals surface area contributed by atoms with Gasteiger partial charge in [0, 0.05) is 39.3 Å². The summed E-state index contributed by atoms with van der Waals surface area (Å²) in [5, 5.41) is 0. The third-order valence-electron chi connectivity index (χ3n) is 9.34. The molecule has 5 rings (SSSR count). The highest BCUT2D eigenvalue weighted by atomic mass is 32.2. The molecule has 4 aromatic rings. The molecule has 0 N–H and O–H groups in total. The predicted molar refractivity (Wildman–Crippen MR) is 202 cm³/mol. The van der Waals surface area contributed by atoms with Gasteiger partial charge in [-0.15, -0.1) is 0 Å². The molecule has 4 aromatic carbocycles. The number of hydrogen-bond acceptors (Lipinski definition) is 6. The molecule has 0 saturated carbocycles. The first-order valence-corrected chi connectivity index (χ1v) is 20.7. The molecule has 8 nitrogen and oxygen atoms in total. The average Bonchev–Trinajstić information content (AvgIpc) is 3.10. The van der Waals surface area contributed by atoms with Crippen LogP contribution >= 0.6 is 0 Å². The monoisotopic (exact) mass is 716 g/mol. The summed E-state index contributed by atoms with van der Waals surface area (Å²) in [6.45, 7) is 9.77. The zero-order valence-electron chi connectivity index (χ0n) is 29.5. The molecule has 0 aliphatic carbocycles. The van der Waals surface area contributed by atoms with Gasteiger partial charge in [0.2, 0.25) is 20.0 Å². The highest BCUT2D eigenvalue weighted by Gasteiger charge is 2.27. The summed E-state index contributed by atoms with van der Waals surface area (Å²) in [6, 6.07) is 34.8. The van der Waals surface area contributed by atoms with Crippen LogP contribution in [-0.4, -0.2) is 87.6 Å². The van der Waals surface area contributed by atoms with Gasteiger partial charge in [0.05, 0.1) is 9.79 Å². The van der Waals surface area contributed by atoms with Crippen molar-refractivity contribution in [3.8, 4) is 0 Å². The Labute approximate surface area is 300 Å². The first-order valence-electron chi connectivity index (χ1n) is 17.8. The highest BCUT2D eigenvalue weighted by Crippen LogP contribution is 2.21. The van der Waals surface area contributed by atoms with Crippen molar-refractivity contribution in [2.24, 2.45) is 0 Å². The molecule has 0 bridgehead atoms. The Balaban J connectivity index is 1.40. The highest BCUT2D eigenvalue weighted by molar-refractivity contribution is 7.89. The Kier molecular flexibility index (Phi) is 13.8. The lowest BCUT2D eigenvalue weighted by molar-refractivity contribution is 0.219. The average molecular weight is 717 g/mol. The van der Waals surface area contributed by atoms with E-state index in [4.69, 9.17) is 0 Å². The van der Waals surface area contributed by atoms with E-state index in [0.29, 0.717) is 101 Å². The predicted octanol–water partition coefficient (Wildman–Crippen LogP) is 6.56. The summed E-state index contributed by atoms with van der Waals surface area (Å²) in [6.07, 6.45) is 2.65. The molecule has 268 valence electrons. The third-order valence-corrected chi connectivity index (χ3v) is 13.2. The summed E-state index contributed by atoms with van der Waals surface area (Å²) in [7, 11) is -7.36. The van der Waals surface area contributed by atoms with Crippen LogP contribution in [0.1, 0.15) is 47.9 Å². The molecule has 1 saturated heterocycles. The molecular weight excluding hydrogens is 665 g/mol. The van der Waals surface area contributed by atoms with E-state index in [-0.39, 0.29) is 0 Å². The normalized spacial score (nSPS) is 17.8. The molecule has 0 radical (unpaired) electrons. The fourth-order valence-corrected chi connectivity index (χ4v) is 9.56. The van der Waals surface area contributed by atoms with Gasteiger partial charge < -0.3 is 0 Å². The van der Waals surface area contributed by atoms with E-state index < -0.39 is 20.0 Å². The van der Waals surface area contributed by atoms with Gasteiger partial charge in [-0.3, -0.25) is 9.80 Å². The van der Waals surface area contributed by atoms with Crippen molar-refractivity contribution in [3.05, 3.63) is 131 Å². The molecule has 0 atom stereocenters. The first-order chi connectivity index (χ1) is 24.1. The van der Waals surface area contributed by atoms with Crippen molar-refractivity contribution in [3.63, 3.8) is 0 Å². The Morgan fingerprint density at radius 2 is 0.720 bits per heavy atom. The molecule has 10 heteroatoms. The lowest BCUT2D eigenvalue weighted by atomic mass is 10.2. The summed E-state index contributed by atoms with van der Waals surface area (Å²) in [5.74, 6) is 0. The van der Waals surface area contributed by atoms with Crippen LogP contribution in [0.4, 0.5) is 0 Å². The van der Waals surface area contributed by atoms with Crippen LogP contribution in [0.5, 0.6) is 0 Å². The summed E-state index contributed by atoms with van der Waals surface area (Å²) in [5.41, 5.74) is 4.40. The largest absolute Gasteiger partial charge is 0.299 e. The maximum atomic E-state index is 14.0. The van der Waals surface area contributed by atoms with Gasteiger partial charge in [-0.05, 0) is 101 Å². The Hall–Kier alpha value is -3.38. The van der Waals surface area contributed by atoms with Crippen LogP contribution in [-0.2, 0) is 33.1 Å². The molecular formula is C40H52N4O4S2. The van der Waals surface area contributed by atoms with Gasteiger partial charge in [0.15, 0.2) is 0 Å². The van der Waals surface area contributed by atoms with Crippen LogP contribution < -0.4 is 0 Å². The van der Waals surface area contributed by atoms with Crippen LogP contribution in [0.2, 0.25) is 0 Å². The van der Waals surface area contributed by atoms with Crippen LogP contribution in [0.15, 0.2) is 119 Å². The van der Waals surface area contributed by atoms with Crippen molar-refractivity contribution in [2.75, 3.05) is 52.4 Å². The maximum Gasteiger partial charge on any atom is 0.243 e. The number of hydrogen-bond donors (Lipinski definition) is 0. The zero-order chi connectivity index (χ0) is 35.4. The van der Waals surface area contributed by atoms with Crippen molar-refractivity contribution < 1.29 is 16.8 Å². The van der Waals surface area contributed by atoms with E-state index in [2.05, 4.69) is 34.1 Å². The van der Waals surface area contributed by atoms with Gasteiger partial charge in [0.1, 0.15) is 0 Å². The standard InChI is InChI=1S/C40H52N4O4S2/c1-35-17-21-39(22-18-35)49(45,46)43-29-9-25-41(33-37-13-5-3-6-14-37)27-11-31-44(50(47,48)40-23-19-36(2)20-24-40)32-12-28-42(26-10-30-43)34-38-15-7-4-8-16-38/h3-8,13-24H,9-12,25-34H2,1-2H3. The van der Waals surface area contributed by atoms with Gasteiger partial charge >= 0.3 is 0 Å². The topological polar surface area (TPSA) is 81.2 Å². The van der Waals surface area contributed by atoms with E-state index in [1.807, 2.05) is 74.5 Å². The number of rotatable bonds is 8. The summed E-state index contributed by atoms with van der Waals surface area (Å²) in [4.78, 5) is 5.32. The van der Waals surface area contributed by atoms with E-state index >= 15 is 0 Å². The number of aryl methyl sites for hydroxylation is 2. The van der Waals surface area contributed by atoms with E-state index in [1.165, 1.54) is 11.1 Å². The van der Waals surface area contributed by atoms with Gasteiger partial charge in [0.25, 0.3) is 0 Å². The molecule has 1 aliphatic rings. The minimum Gasteiger partial charge on any atom is -0.299 e. The van der Waals surface area contributed by atoms with Crippen molar-refractivity contribution in [1.29, 1.82) is 0 Å². The van der Waals surface area contributed by atoms with Gasteiger partial charge in [-0.1, -0.05) is 96.1 Å². The zero-order valence-corrected chi connectivity index (χ0v) is 31.2. The lowest BCUT2D eigenvalue weighted by Gasteiger charge is -2.30. The van der Waals surface area contributed by atoms with Gasteiger partial charge in [-0.2, -0.15) is 8.61 Å². The second-order valence-corrected chi connectivity index (χ2v) is 17.2. The summed E-state index contributed by atoms with van der Waals surface area (Å²) >= 11 is 0. The van der Waals surface area contributed by atoms with Crippen molar-refractivity contribution in [2.45, 2.75) is 62.4 Å². The van der Waals surface area contributed by atoms with Crippen molar-refractivity contribution >= 4 is 20.0 Å². The van der Waals surface area contributed by atoms with Crippen LogP contribution in [0, 0.1) is 13.8 Å². The second kappa shape index (κ2) is 18.2. The maximum absolute atomic E-state index is 14.0. The minimum atomic E-state index is -3.68. The quantitative estimate of drug-likeness (QED) is 0.206. The Morgan fingerprint density at radius 3 is 1.02 bits per heavy atom. The molecule has 50 heavy (non-hydrogen) atoms. The summed E-state index contributed by atoms with van der Waals surface area (Å²) < 4.78 is 59.3. The number of nitrogens with zero attached hydrogens (tertiary/aromatic N) is 4. The molecule has 1 fully saturated rings. The Bertz CT molecular complexity index is 1660. The van der Waals surface area contributed by atoms with E-state index in [0.717, 1.165) is 11.1 Å². The minimum absolute atomic E-state index is 0.328. The van der Waals surface area contributed by atoms with E-state index in [1.54, 1.807) is 32.9 Å². The smallest absolute Gasteiger partial charge is 0.243 e. The molecule has 0 spiro atoms. The van der Waals surface area contributed by atoms with Crippen molar-refractivity contribution in [1.82, 2.24) is 18.4 Å². The molecule has 0 amide bonds. The van der Waals surface area contributed by atoms with Gasteiger partial charge in [-0.25, -0.2) is 16.8 Å². The Morgan fingerprint density at radius 1 is 0.420 bits per heavy atom. The molecule has 0 aromatic heterocycles. The number of sulfonamides is 2.